The van der Waals surface area contributed by atoms with Gasteiger partial charge in [-0.3, -0.25) is 11.1 Å². The van der Waals surface area contributed by atoms with Crippen LogP contribution >= 0.6 is 0 Å². The zero-order valence-corrected chi connectivity index (χ0v) is 7.11. The number of hydrogen-bond acceptors (Lipinski definition) is 3. The van der Waals surface area contributed by atoms with E-state index >= 15 is 0 Å². The smallest absolute Gasteiger partial charge is 0.137 e. The molecule has 3 nitrogen and oxygen atoms in total. The molecule has 0 saturated heterocycles. The topological polar surface area (TPSA) is 51.2 Å². The van der Waals surface area contributed by atoms with Crippen LogP contribution in [0.5, 0.6) is 0 Å². The van der Waals surface area contributed by atoms with Gasteiger partial charge in [-0.05, 0) is 6.92 Å². The van der Waals surface area contributed by atoms with E-state index in [1.165, 1.54) is 13.2 Å². The van der Waals surface area contributed by atoms with E-state index in [0.717, 1.165) is 0 Å². The monoisotopic (exact) mass is 230 g/mol. The van der Waals surface area contributed by atoms with Crippen molar-refractivity contribution in [2.24, 2.45) is 0 Å². The fourth-order valence-electron chi connectivity index (χ4n) is 0.421. The van der Waals surface area contributed by atoms with E-state index in [4.69, 9.17) is 0 Å². The Labute approximate surface area is 71.9 Å². The predicted molar refractivity (Wildman–Crippen MR) is 30.6 cm³/mol. The summed E-state index contributed by atoms with van der Waals surface area (Å²) in [5, 5.41) is 0. The molecule has 0 aromatic heterocycles. The van der Waals surface area contributed by atoms with Gasteiger partial charge in [-0.2, -0.15) is 0 Å². The average molecular weight is 230 g/mol. The second-order valence-electron chi connectivity index (χ2n) is 1.74. The van der Waals surface area contributed by atoms with E-state index in [2.05, 4.69) is 0 Å². The molecule has 1 radical (unpaired) electrons. The number of rotatable bonds is 4. The molecule has 4 heteroatoms. The summed E-state index contributed by atoms with van der Waals surface area (Å²) >= 11 is 0. The van der Waals surface area contributed by atoms with E-state index in [1.807, 2.05) is 0 Å². The molecule has 0 aliphatic heterocycles. The van der Waals surface area contributed by atoms with E-state index in [0.29, 0.717) is 0 Å². The minimum Gasteiger partial charge on any atom is -0.541 e. The van der Waals surface area contributed by atoms with E-state index in [1.54, 1.807) is 0 Å². The zero-order chi connectivity index (χ0) is 7.28. The molecule has 0 saturated carbocycles. The quantitative estimate of drug-likeness (QED) is 0.389. The van der Waals surface area contributed by atoms with E-state index in [-0.39, 0.29) is 43.9 Å². The summed E-state index contributed by atoms with van der Waals surface area (Å²) in [6.07, 6.45) is 1.01. The normalized spacial score (nSPS) is 7.70. The van der Waals surface area contributed by atoms with Crippen LogP contribution in [0.2, 0.25) is 0 Å². The van der Waals surface area contributed by atoms with Gasteiger partial charge in [0.1, 0.15) is 11.6 Å². The third kappa shape index (κ3) is 7.63. The van der Waals surface area contributed by atoms with Gasteiger partial charge >= 0.3 is 0 Å². The summed E-state index contributed by atoms with van der Waals surface area (Å²) in [5.74, 6) is -0.576. The zero-order valence-electron chi connectivity index (χ0n) is 5.47. The summed E-state index contributed by atoms with van der Waals surface area (Å²) in [4.78, 5) is 30.1. The van der Waals surface area contributed by atoms with Crippen molar-refractivity contribution in [3.63, 3.8) is 0 Å². The molecule has 0 aromatic carbocycles. The molecule has 0 aliphatic rings. The molecule has 0 fully saturated rings. The van der Waals surface area contributed by atoms with Gasteiger partial charge in [0.25, 0.3) is 0 Å². The molecule has 0 heterocycles. The van der Waals surface area contributed by atoms with Crippen molar-refractivity contribution in [1.29, 1.82) is 0 Å². The Morgan fingerprint density at radius 2 is 1.90 bits per heavy atom. The fraction of sp³-hybridized carbons (Fsp3) is 0.500. The molecule has 0 bridgehead atoms. The van der Waals surface area contributed by atoms with Gasteiger partial charge < -0.3 is 9.59 Å². The second kappa shape index (κ2) is 6.75. The van der Waals surface area contributed by atoms with Crippen LogP contribution in [-0.4, -0.2) is 17.9 Å². The van der Waals surface area contributed by atoms with Gasteiger partial charge in [0.2, 0.25) is 0 Å². The van der Waals surface area contributed by atoms with Crippen LogP contribution in [0.3, 0.4) is 0 Å². The number of carbonyl (C=O) groups excluding carboxylic acids is 3. The van der Waals surface area contributed by atoms with Gasteiger partial charge in [0.15, 0.2) is 0 Å². The Balaban J connectivity index is 0. The standard InChI is InChI=1S/C6H7O3.Rh/c1-5(8)4-6(9)2-3-7;/h2,4H2,1H3;/q-1;. The second-order valence-corrected chi connectivity index (χ2v) is 1.74. The molecular weight excluding hydrogens is 223 g/mol. The summed E-state index contributed by atoms with van der Waals surface area (Å²) in [6.45, 7) is 1.31. The third-order valence-corrected chi connectivity index (χ3v) is 0.715. The molecule has 59 valence electrons. The average Bonchev–Trinajstić information content (AvgIpc) is 1.63. The van der Waals surface area contributed by atoms with Gasteiger partial charge in [-0.1, -0.05) is 6.42 Å². The number of carbonyl (C=O) groups is 2. The number of Topliss-reactive ketones (excluding diaryl/α,β-unsaturated/α-hetero) is 2. The Kier molecular flexibility index (Phi) is 8.32. The summed E-state index contributed by atoms with van der Waals surface area (Å²) in [7, 11) is 0. The maximum absolute atomic E-state index is 10.4. The van der Waals surface area contributed by atoms with Crippen LogP contribution in [0.4, 0.5) is 0 Å². The summed E-state index contributed by atoms with van der Waals surface area (Å²) in [6, 6.07) is 0. The summed E-state index contributed by atoms with van der Waals surface area (Å²) < 4.78 is 0. The third-order valence-electron chi connectivity index (χ3n) is 0.715. The first-order valence-corrected chi connectivity index (χ1v) is 2.53. The van der Waals surface area contributed by atoms with Crippen LogP contribution < -0.4 is 0 Å². The molecule has 0 N–H and O–H groups in total. The Morgan fingerprint density at radius 3 is 2.20 bits per heavy atom. The first kappa shape index (κ1) is 12.3. The summed E-state index contributed by atoms with van der Waals surface area (Å²) in [5.41, 5.74) is 0. The van der Waals surface area contributed by atoms with Crippen molar-refractivity contribution in [3.05, 3.63) is 0 Å². The van der Waals surface area contributed by atoms with Crippen molar-refractivity contribution in [2.75, 3.05) is 0 Å². The molecular formula is C6H7O3Rh-. The molecule has 0 rings (SSSR count). The van der Waals surface area contributed by atoms with E-state index in [9.17, 15) is 14.4 Å². The van der Waals surface area contributed by atoms with Crippen molar-refractivity contribution >= 4 is 17.9 Å². The Bertz CT molecular complexity index is 142. The van der Waals surface area contributed by atoms with Crippen molar-refractivity contribution in [2.45, 2.75) is 19.8 Å². The van der Waals surface area contributed by atoms with Crippen LogP contribution in [0.25, 0.3) is 0 Å². The molecule has 10 heavy (non-hydrogen) atoms. The molecule has 0 unspecified atom stereocenters. The van der Waals surface area contributed by atoms with Crippen LogP contribution in [0.15, 0.2) is 0 Å². The van der Waals surface area contributed by atoms with Gasteiger partial charge in [-0.15, -0.1) is 0 Å². The van der Waals surface area contributed by atoms with Crippen molar-refractivity contribution < 1.29 is 33.9 Å². The predicted octanol–water partition coefficient (Wildman–Crippen LogP) is 0.0319. The largest absolute Gasteiger partial charge is 0.541 e. The SMILES string of the molecule is CC(=O)CC(=O)C[C-]=O.[Rh]. The van der Waals surface area contributed by atoms with E-state index < -0.39 is 0 Å². The van der Waals surface area contributed by atoms with Gasteiger partial charge in [0, 0.05) is 19.5 Å². The van der Waals surface area contributed by atoms with Crippen LogP contribution in [0.1, 0.15) is 19.8 Å². The maximum atomic E-state index is 10.4. The van der Waals surface area contributed by atoms with Gasteiger partial charge in [-0.25, -0.2) is 0 Å². The number of hydrogen-bond donors (Lipinski definition) is 0. The van der Waals surface area contributed by atoms with Crippen molar-refractivity contribution in [3.8, 4) is 0 Å². The minimum atomic E-state index is -0.363. The Morgan fingerprint density at radius 1 is 1.40 bits per heavy atom. The molecule has 0 aromatic rings. The van der Waals surface area contributed by atoms with Crippen molar-refractivity contribution in [1.82, 2.24) is 0 Å². The van der Waals surface area contributed by atoms with Crippen LogP contribution in [-0.2, 0) is 33.9 Å². The minimum absolute atomic E-state index is 0. The Hall–Kier alpha value is -0.367. The van der Waals surface area contributed by atoms with Crippen LogP contribution in [0, 0.1) is 0 Å². The molecule has 0 aliphatic carbocycles. The first-order valence-electron chi connectivity index (χ1n) is 2.53. The molecule has 0 atom stereocenters. The maximum Gasteiger partial charge on any atom is 0.137 e. The molecule has 0 amide bonds. The fourth-order valence-corrected chi connectivity index (χ4v) is 0.421. The van der Waals surface area contributed by atoms with Gasteiger partial charge in [0.05, 0.1) is 6.42 Å². The number of ketones is 2. The first-order chi connectivity index (χ1) is 4.16. The molecule has 0 spiro atoms.